The van der Waals surface area contributed by atoms with Crippen molar-refractivity contribution in [2.75, 3.05) is 5.32 Å². The van der Waals surface area contributed by atoms with E-state index >= 15 is 0 Å². The second-order valence-electron chi connectivity index (χ2n) is 12.2. The maximum Gasteiger partial charge on any atom is 0.0870 e. The van der Waals surface area contributed by atoms with E-state index < -0.39 is 21.6 Å². The molecular formula is C34H39NO2S2. The standard InChI is InChI=1S/C34H39NO2S2/c1-23-9-15-27(16-10-23)38(36)31-21-25(33(3,4)5)13-19-29(31)35-30-20-14-26(34(6,7)8)22-32(30)39(37)28-17-11-24(2)12-18-28/h9-22,35H,1-8H3/t38-,39-/m0/s1. The fraction of sp³-hybridized carbons (Fsp3) is 0.294. The fourth-order valence-electron chi connectivity index (χ4n) is 4.21. The van der Waals surface area contributed by atoms with Gasteiger partial charge in [-0.15, -0.1) is 0 Å². The van der Waals surface area contributed by atoms with E-state index in [1.807, 2.05) is 86.6 Å². The molecule has 4 aromatic rings. The van der Waals surface area contributed by atoms with Crippen LogP contribution in [0.25, 0.3) is 0 Å². The highest BCUT2D eigenvalue weighted by Crippen LogP contribution is 2.36. The quantitative estimate of drug-likeness (QED) is 0.257. The molecule has 1 N–H and O–H groups in total. The third-order valence-electron chi connectivity index (χ3n) is 6.83. The van der Waals surface area contributed by atoms with Crippen LogP contribution in [0.15, 0.2) is 105 Å². The smallest absolute Gasteiger partial charge is 0.0870 e. The lowest BCUT2D eigenvalue weighted by Crippen LogP contribution is -2.13. The largest absolute Gasteiger partial charge is 0.354 e. The Hall–Kier alpha value is -3.02. The van der Waals surface area contributed by atoms with Gasteiger partial charge in [0.1, 0.15) is 0 Å². The second kappa shape index (κ2) is 11.2. The predicted octanol–water partition coefficient (Wildman–Crippen LogP) is 8.98. The SMILES string of the molecule is Cc1ccc([S@](=O)c2cc(C(C)(C)C)ccc2Nc2ccc(C(C)(C)C)cc2[S@@](=O)c2ccc(C)cc2)cc1. The van der Waals surface area contributed by atoms with Crippen molar-refractivity contribution in [3.63, 3.8) is 0 Å². The molecule has 39 heavy (non-hydrogen) atoms. The van der Waals surface area contributed by atoms with Crippen LogP contribution in [0.2, 0.25) is 0 Å². The van der Waals surface area contributed by atoms with E-state index in [0.29, 0.717) is 9.79 Å². The van der Waals surface area contributed by atoms with Crippen LogP contribution in [0.3, 0.4) is 0 Å². The molecule has 0 fully saturated rings. The van der Waals surface area contributed by atoms with Gasteiger partial charge in [0, 0.05) is 9.79 Å². The van der Waals surface area contributed by atoms with Crippen molar-refractivity contribution in [3.05, 3.63) is 107 Å². The molecule has 0 bridgehead atoms. The lowest BCUT2D eigenvalue weighted by molar-refractivity contribution is 0.588. The minimum absolute atomic E-state index is 0.1000. The zero-order valence-electron chi connectivity index (χ0n) is 24.2. The molecule has 0 saturated heterocycles. The molecule has 0 amide bonds. The summed E-state index contributed by atoms with van der Waals surface area (Å²) in [7, 11) is -2.80. The topological polar surface area (TPSA) is 46.2 Å². The minimum atomic E-state index is -1.40. The van der Waals surface area contributed by atoms with Gasteiger partial charge in [-0.25, -0.2) is 8.42 Å². The molecule has 4 aromatic carbocycles. The maximum absolute atomic E-state index is 13.9. The molecule has 0 saturated carbocycles. The van der Waals surface area contributed by atoms with Crippen molar-refractivity contribution in [1.29, 1.82) is 0 Å². The van der Waals surface area contributed by atoms with Gasteiger partial charge in [0.05, 0.1) is 42.8 Å². The Balaban J connectivity index is 1.85. The van der Waals surface area contributed by atoms with Gasteiger partial charge in [-0.2, -0.15) is 0 Å². The molecule has 204 valence electrons. The van der Waals surface area contributed by atoms with E-state index in [-0.39, 0.29) is 10.8 Å². The first kappa shape index (κ1) is 29.0. The van der Waals surface area contributed by atoms with Crippen LogP contribution >= 0.6 is 0 Å². The van der Waals surface area contributed by atoms with Crippen molar-refractivity contribution >= 4 is 33.0 Å². The van der Waals surface area contributed by atoms with Crippen LogP contribution in [-0.4, -0.2) is 8.42 Å². The zero-order chi connectivity index (χ0) is 28.5. The van der Waals surface area contributed by atoms with Gasteiger partial charge < -0.3 is 5.32 Å². The molecule has 0 aromatic heterocycles. The highest BCUT2D eigenvalue weighted by molar-refractivity contribution is 7.85. The highest BCUT2D eigenvalue weighted by atomic mass is 32.2. The summed E-state index contributed by atoms with van der Waals surface area (Å²) >= 11 is 0. The van der Waals surface area contributed by atoms with Crippen LogP contribution < -0.4 is 5.32 Å². The lowest BCUT2D eigenvalue weighted by atomic mass is 9.87. The molecule has 0 aliphatic heterocycles. The first-order chi connectivity index (χ1) is 18.2. The van der Waals surface area contributed by atoms with E-state index in [2.05, 4.69) is 59.0 Å². The average molecular weight is 558 g/mol. The van der Waals surface area contributed by atoms with E-state index in [1.54, 1.807) is 0 Å². The normalized spacial score (nSPS) is 13.6. The Kier molecular flexibility index (Phi) is 8.34. The molecule has 0 unspecified atom stereocenters. The van der Waals surface area contributed by atoms with Crippen molar-refractivity contribution in [1.82, 2.24) is 0 Å². The summed E-state index contributed by atoms with van der Waals surface area (Å²) in [5.41, 5.74) is 5.75. The number of anilines is 2. The summed E-state index contributed by atoms with van der Waals surface area (Å²) in [5.74, 6) is 0. The number of aryl methyl sites for hydroxylation is 2. The van der Waals surface area contributed by atoms with E-state index in [9.17, 15) is 8.42 Å². The summed E-state index contributed by atoms with van der Waals surface area (Å²) in [6.45, 7) is 17.0. The Morgan fingerprint density at radius 1 is 0.513 bits per heavy atom. The Morgan fingerprint density at radius 3 is 1.15 bits per heavy atom. The van der Waals surface area contributed by atoms with Crippen molar-refractivity contribution in [2.45, 2.75) is 85.8 Å². The molecule has 0 aliphatic rings. The van der Waals surface area contributed by atoms with Gasteiger partial charge >= 0.3 is 0 Å². The molecule has 4 rings (SSSR count). The van der Waals surface area contributed by atoms with Crippen molar-refractivity contribution < 1.29 is 8.42 Å². The molecule has 0 radical (unpaired) electrons. The van der Waals surface area contributed by atoms with Gasteiger partial charge in [0.2, 0.25) is 0 Å². The molecular weight excluding hydrogens is 519 g/mol. The molecule has 0 spiro atoms. The lowest BCUT2D eigenvalue weighted by Gasteiger charge is -2.24. The van der Waals surface area contributed by atoms with Crippen molar-refractivity contribution in [2.24, 2.45) is 0 Å². The van der Waals surface area contributed by atoms with Gasteiger partial charge in [-0.1, -0.05) is 89.1 Å². The van der Waals surface area contributed by atoms with E-state index in [1.165, 1.54) is 0 Å². The van der Waals surface area contributed by atoms with Crippen LogP contribution in [0.5, 0.6) is 0 Å². The van der Waals surface area contributed by atoms with E-state index in [4.69, 9.17) is 0 Å². The van der Waals surface area contributed by atoms with Crippen molar-refractivity contribution in [3.8, 4) is 0 Å². The number of hydrogen-bond acceptors (Lipinski definition) is 3. The average Bonchev–Trinajstić information content (AvgIpc) is 2.88. The summed E-state index contributed by atoms with van der Waals surface area (Å²) in [6, 6.07) is 27.9. The maximum atomic E-state index is 13.9. The van der Waals surface area contributed by atoms with Gasteiger partial charge in [0.15, 0.2) is 0 Å². The summed E-state index contributed by atoms with van der Waals surface area (Å²) in [6.07, 6.45) is 0. The summed E-state index contributed by atoms with van der Waals surface area (Å²) < 4.78 is 27.8. The third-order valence-corrected chi connectivity index (χ3v) is 9.71. The third kappa shape index (κ3) is 6.77. The van der Waals surface area contributed by atoms with Crippen LogP contribution in [-0.2, 0) is 32.4 Å². The van der Waals surface area contributed by atoms with Gasteiger partial charge in [-0.3, -0.25) is 0 Å². The van der Waals surface area contributed by atoms with E-state index in [0.717, 1.165) is 43.4 Å². The van der Waals surface area contributed by atoms with Crippen LogP contribution in [0, 0.1) is 13.8 Å². The first-order valence-electron chi connectivity index (χ1n) is 13.3. The van der Waals surface area contributed by atoms with Crippen LogP contribution in [0.1, 0.15) is 63.8 Å². The fourth-order valence-corrected chi connectivity index (χ4v) is 6.59. The summed E-state index contributed by atoms with van der Waals surface area (Å²) in [5, 5.41) is 3.54. The Bertz CT molecular complexity index is 1410. The minimum Gasteiger partial charge on any atom is -0.354 e. The summed E-state index contributed by atoms with van der Waals surface area (Å²) in [4.78, 5) is 2.92. The molecule has 0 heterocycles. The highest BCUT2D eigenvalue weighted by Gasteiger charge is 2.23. The van der Waals surface area contributed by atoms with Gasteiger partial charge in [0.25, 0.3) is 0 Å². The molecule has 5 heteroatoms. The second-order valence-corrected chi connectivity index (χ2v) is 15.1. The number of rotatable bonds is 6. The zero-order valence-corrected chi connectivity index (χ0v) is 25.8. The number of hydrogen-bond donors (Lipinski definition) is 1. The monoisotopic (exact) mass is 557 g/mol. The van der Waals surface area contributed by atoms with Crippen LogP contribution in [0.4, 0.5) is 11.4 Å². The number of benzene rings is 4. The Morgan fingerprint density at radius 2 is 0.846 bits per heavy atom. The predicted molar refractivity (Wildman–Crippen MR) is 165 cm³/mol. The Labute approximate surface area is 239 Å². The molecule has 3 nitrogen and oxygen atoms in total. The molecule has 0 aliphatic carbocycles. The number of nitrogens with one attached hydrogen (secondary N) is 1. The molecule has 2 atom stereocenters. The van der Waals surface area contributed by atoms with Gasteiger partial charge in [-0.05, 0) is 84.3 Å². The first-order valence-corrected chi connectivity index (χ1v) is 15.6.